The second-order valence-electron chi connectivity index (χ2n) is 10.7. The number of amides is 2. The van der Waals surface area contributed by atoms with E-state index >= 15 is 0 Å². The van der Waals surface area contributed by atoms with Crippen molar-refractivity contribution in [2.45, 2.75) is 25.3 Å². The number of urea groups is 1. The Labute approximate surface area is 199 Å². The van der Waals surface area contributed by atoms with Crippen LogP contribution in [0.25, 0.3) is 5.69 Å². The van der Waals surface area contributed by atoms with Crippen LogP contribution in [-0.2, 0) is 6.42 Å². The Bertz CT molecular complexity index is 1130. The van der Waals surface area contributed by atoms with Gasteiger partial charge < -0.3 is 21.3 Å². The van der Waals surface area contributed by atoms with Crippen molar-refractivity contribution in [2.75, 3.05) is 44.6 Å². The van der Waals surface area contributed by atoms with Crippen LogP contribution in [0, 0.1) is 23.2 Å². The highest BCUT2D eigenvalue weighted by Crippen LogP contribution is 2.50. The lowest BCUT2D eigenvalue weighted by Crippen LogP contribution is -2.70. The molecule has 3 unspecified atom stereocenters. The fraction of sp³-hybridized carbons (Fsp3) is 0.560. The summed E-state index contributed by atoms with van der Waals surface area (Å²) in [5.74, 6) is 2.67. The molecule has 1 aromatic heterocycles. The van der Waals surface area contributed by atoms with Gasteiger partial charge >= 0.3 is 11.7 Å². The zero-order chi connectivity index (χ0) is 23.4. The predicted octanol–water partition coefficient (Wildman–Crippen LogP) is 0.867. The molecule has 180 valence electrons. The normalized spacial score (nSPS) is 28.8. The molecule has 3 atom stereocenters. The van der Waals surface area contributed by atoms with E-state index in [4.69, 9.17) is 11.5 Å². The summed E-state index contributed by atoms with van der Waals surface area (Å²) >= 11 is 0. The number of fused-ring (bicyclic) bond motifs is 1. The summed E-state index contributed by atoms with van der Waals surface area (Å²) in [5.41, 5.74) is 13.6. The highest BCUT2D eigenvalue weighted by Gasteiger charge is 2.55. The third-order valence-corrected chi connectivity index (χ3v) is 8.73. The van der Waals surface area contributed by atoms with Gasteiger partial charge in [-0.05, 0) is 67.3 Å². The van der Waals surface area contributed by atoms with Crippen LogP contribution in [-0.4, -0.2) is 70.7 Å². The van der Waals surface area contributed by atoms with E-state index in [0.717, 1.165) is 55.8 Å². The first kappa shape index (κ1) is 21.8. The Kier molecular flexibility index (Phi) is 5.24. The molecule has 9 nitrogen and oxygen atoms in total. The number of carbonyl (C=O) groups excluding carboxylic acids is 1. The van der Waals surface area contributed by atoms with Gasteiger partial charge in [0.25, 0.3) is 0 Å². The van der Waals surface area contributed by atoms with Gasteiger partial charge in [0.05, 0.1) is 5.69 Å². The highest BCUT2D eigenvalue weighted by molar-refractivity contribution is 5.89. The van der Waals surface area contributed by atoms with E-state index < -0.39 is 5.69 Å². The van der Waals surface area contributed by atoms with Gasteiger partial charge in [-0.2, -0.15) is 4.98 Å². The lowest BCUT2D eigenvalue weighted by atomic mass is 9.60. The number of nitrogens with one attached hydrogen (secondary N) is 1. The number of likely N-dealkylation sites (tertiary alicyclic amines) is 2. The maximum absolute atomic E-state index is 12.6. The first-order valence-corrected chi connectivity index (χ1v) is 12.4. The molecule has 2 aromatic rings. The Morgan fingerprint density at radius 3 is 2.47 bits per heavy atom. The minimum atomic E-state index is -0.419. The van der Waals surface area contributed by atoms with Gasteiger partial charge in [-0.15, -0.1) is 0 Å². The number of aromatic nitrogens is 2. The van der Waals surface area contributed by atoms with Gasteiger partial charge in [0.2, 0.25) is 0 Å². The SMILES string of the molecule is NCC1C2CN(CCc3ccc(-n4ccc(NC(=O)N5CC6(CCC6N)C5)nc4=O)cc3)CC12. The molecule has 9 heteroatoms. The Hall–Kier alpha value is -2.75. The molecule has 2 aliphatic heterocycles. The lowest BCUT2D eigenvalue weighted by molar-refractivity contribution is -0.0492. The van der Waals surface area contributed by atoms with Crippen molar-refractivity contribution in [3.63, 3.8) is 0 Å². The van der Waals surface area contributed by atoms with Crippen LogP contribution in [0.5, 0.6) is 0 Å². The molecule has 0 bridgehead atoms. The van der Waals surface area contributed by atoms with Crippen molar-refractivity contribution in [2.24, 2.45) is 34.6 Å². The van der Waals surface area contributed by atoms with Crippen LogP contribution in [0.4, 0.5) is 10.6 Å². The fourth-order valence-corrected chi connectivity index (χ4v) is 6.21. The number of rotatable bonds is 6. The molecular formula is C25H33N7O2. The average molecular weight is 464 g/mol. The zero-order valence-electron chi connectivity index (χ0n) is 19.4. The van der Waals surface area contributed by atoms with Crippen molar-refractivity contribution >= 4 is 11.8 Å². The van der Waals surface area contributed by atoms with E-state index in [2.05, 4.69) is 27.3 Å². The third kappa shape index (κ3) is 3.72. The second kappa shape index (κ2) is 8.18. The van der Waals surface area contributed by atoms with Crippen LogP contribution in [0.2, 0.25) is 0 Å². The number of hydrogen-bond donors (Lipinski definition) is 3. The molecule has 2 saturated heterocycles. The Morgan fingerprint density at radius 2 is 1.88 bits per heavy atom. The topological polar surface area (TPSA) is 123 Å². The van der Waals surface area contributed by atoms with Crippen LogP contribution in [0.15, 0.2) is 41.3 Å². The van der Waals surface area contributed by atoms with Crippen molar-refractivity contribution in [1.29, 1.82) is 0 Å². The largest absolute Gasteiger partial charge is 0.354 e. The minimum absolute atomic E-state index is 0.114. The lowest BCUT2D eigenvalue weighted by Gasteiger charge is -2.59. The summed E-state index contributed by atoms with van der Waals surface area (Å²) in [6, 6.07) is 9.66. The first-order valence-electron chi connectivity index (χ1n) is 12.4. The summed E-state index contributed by atoms with van der Waals surface area (Å²) in [6.07, 6.45) is 4.77. The molecule has 1 aromatic carbocycles. The first-order chi connectivity index (χ1) is 16.5. The summed E-state index contributed by atoms with van der Waals surface area (Å²) < 4.78 is 1.49. The van der Waals surface area contributed by atoms with Crippen LogP contribution in [0.3, 0.4) is 0 Å². The number of nitrogens with two attached hydrogens (primary N) is 2. The van der Waals surface area contributed by atoms with E-state index in [1.165, 1.54) is 23.2 Å². The van der Waals surface area contributed by atoms with E-state index in [0.29, 0.717) is 13.1 Å². The molecule has 4 fully saturated rings. The predicted molar refractivity (Wildman–Crippen MR) is 130 cm³/mol. The Balaban J connectivity index is 1.02. The molecule has 3 heterocycles. The molecular weight excluding hydrogens is 430 g/mol. The minimum Gasteiger partial charge on any atom is -0.330 e. The molecule has 34 heavy (non-hydrogen) atoms. The van der Waals surface area contributed by atoms with Gasteiger partial charge in [-0.3, -0.25) is 9.88 Å². The van der Waals surface area contributed by atoms with Gasteiger partial charge in [-0.25, -0.2) is 9.59 Å². The molecule has 2 saturated carbocycles. The molecule has 6 rings (SSSR count). The van der Waals surface area contributed by atoms with Crippen molar-refractivity contribution in [1.82, 2.24) is 19.4 Å². The van der Waals surface area contributed by atoms with Crippen molar-refractivity contribution in [3.05, 3.63) is 52.6 Å². The molecule has 2 aliphatic carbocycles. The number of anilines is 1. The summed E-state index contributed by atoms with van der Waals surface area (Å²) in [7, 11) is 0. The Morgan fingerprint density at radius 1 is 1.15 bits per heavy atom. The highest BCUT2D eigenvalue weighted by atomic mass is 16.2. The summed E-state index contributed by atoms with van der Waals surface area (Å²) in [6.45, 7) is 5.61. The van der Waals surface area contributed by atoms with E-state index in [1.807, 2.05) is 12.1 Å². The zero-order valence-corrected chi connectivity index (χ0v) is 19.4. The number of benzene rings is 1. The maximum Gasteiger partial charge on any atom is 0.354 e. The molecule has 5 N–H and O–H groups in total. The van der Waals surface area contributed by atoms with Crippen LogP contribution < -0.4 is 22.5 Å². The van der Waals surface area contributed by atoms with E-state index in [-0.39, 0.29) is 23.3 Å². The number of piperidine rings is 1. The van der Waals surface area contributed by atoms with Crippen LogP contribution in [0.1, 0.15) is 18.4 Å². The number of nitrogens with zero attached hydrogens (tertiary/aromatic N) is 4. The van der Waals surface area contributed by atoms with Crippen molar-refractivity contribution < 1.29 is 4.79 Å². The molecule has 0 radical (unpaired) electrons. The van der Waals surface area contributed by atoms with Gasteiger partial charge in [0.15, 0.2) is 0 Å². The maximum atomic E-state index is 12.6. The standard InChI is InChI=1S/C25H33N7O2/c26-11-18-19-12-30(13-20(18)19)9-6-16-1-3-17(4-2-16)32-10-7-22(29-24(32)34)28-23(33)31-14-25(15-31)8-5-21(25)27/h1-4,7,10,18-21H,5-6,8-9,11-15,26-27H2,(H,28,29,33,34). The van der Waals surface area contributed by atoms with Crippen molar-refractivity contribution in [3.8, 4) is 5.69 Å². The van der Waals surface area contributed by atoms with E-state index in [9.17, 15) is 9.59 Å². The monoisotopic (exact) mass is 463 g/mol. The van der Waals surface area contributed by atoms with Gasteiger partial charge in [0, 0.05) is 50.4 Å². The van der Waals surface area contributed by atoms with E-state index in [1.54, 1.807) is 17.2 Å². The fourth-order valence-electron chi connectivity index (χ4n) is 6.21. The van der Waals surface area contributed by atoms with Gasteiger partial charge in [-0.1, -0.05) is 12.1 Å². The van der Waals surface area contributed by atoms with Gasteiger partial charge in [0.1, 0.15) is 5.82 Å². The second-order valence-corrected chi connectivity index (χ2v) is 10.7. The smallest absolute Gasteiger partial charge is 0.330 e. The molecule has 2 amide bonds. The number of hydrogen-bond acceptors (Lipinski definition) is 6. The third-order valence-electron chi connectivity index (χ3n) is 8.73. The summed E-state index contributed by atoms with van der Waals surface area (Å²) in [5, 5.41) is 2.74. The average Bonchev–Trinajstić information content (AvgIpc) is 3.27. The van der Waals surface area contributed by atoms with Crippen LogP contribution >= 0.6 is 0 Å². The molecule has 4 aliphatic rings. The summed E-state index contributed by atoms with van der Waals surface area (Å²) in [4.78, 5) is 33.4. The number of carbonyl (C=O) groups is 1. The molecule has 1 spiro atoms. The quantitative estimate of drug-likeness (QED) is 0.584.